The Labute approximate surface area is 133 Å². The third-order valence-corrected chi connectivity index (χ3v) is 4.93. The summed E-state index contributed by atoms with van der Waals surface area (Å²) in [6.07, 6.45) is 0.719. The molecule has 0 fully saturated rings. The maximum atomic E-state index is 11.3. The lowest BCUT2D eigenvalue weighted by atomic mass is 10.0. The Morgan fingerprint density at radius 1 is 0.739 bits per heavy atom. The van der Waals surface area contributed by atoms with Gasteiger partial charge in [0.15, 0.2) is 5.75 Å². The van der Waals surface area contributed by atoms with Crippen LogP contribution in [0.2, 0.25) is 0 Å². The van der Waals surface area contributed by atoms with Crippen LogP contribution in [0, 0.1) is 0 Å². The number of phenolic OH excluding ortho intramolecular Hbond substituents is 1. The van der Waals surface area contributed by atoms with Gasteiger partial charge < -0.3 is 5.11 Å². The molecule has 124 valence electrons. The molecule has 9 heteroatoms. The lowest BCUT2D eigenvalue weighted by Crippen LogP contribution is -2.06. The van der Waals surface area contributed by atoms with Gasteiger partial charge in [0.2, 0.25) is 0 Å². The van der Waals surface area contributed by atoms with Crippen LogP contribution in [0.25, 0.3) is 0 Å². The summed E-state index contributed by atoms with van der Waals surface area (Å²) in [6.45, 7) is 0. The van der Waals surface area contributed by atoms with Crippen LogP contribution in [0.1, 0.15) is 11.1 Å². The highest BCUT2D eigenvalue weighted by Crippen LogP contribution is 2.32. The first-order chi connectivity index (χ1) is 10.6. The van der Waals surface area contributed by atoms with Crippen molar-refractivity contribution in [2.24, 2.45) is 0 Å². The van der Waals surface area contributed by atoms with E-state index >= 15 is 0 Å². The second-order valence-corrected chi connectivity index (χ2v) is 7.66. The van der Waals surface area contributed by atoms with E-state index < -0.39 is 35.8 Å². The number of hydrogen-bond donors (Lipinski definition) is 3. The van der Waals surface area contributed by atoms with Crippen molar-refractivity contribution in [2.45, 2.75) is 22.6 Å². The molecule has 0 aromatic heterocycles. The number of phenols is 1. The van der Waals surface area contributed by atoms with Crippen LogP contribution in [0.5, 0.6) is 5.75 Å². The van der Waals surface area contributed by atoms with Gasteiger partial charge in [0.1, 0.15) is 9.79 Å². The number of aryl methyl sites for hydroxylation is 2. The van der Waals surface area contributed by atoms with Crippen LogP contribution < -0.4 is 0 Å². The van der Waals surface area contributed by atoms with Crippen LogP contribution in [0.4, 0.5) is 0 Å². The average Bonchev–Trinajstić information content (AvgIpc) is 2.44. The van der Waals surface area contributed by atoms with Gasteiger partial charge in [0.05, 0.1) is 0 Å². The van der Waals surface area contributed by atoms with Crippen molar-refractivity contribution in [3.05, 3.63) is 53.6 Å². The van der Waals surface area contributed by atoms with E-state index in [-0.39, 0.29) is 12.0 Å². The van der Waals surface area contributed by atoms with Gasteiger partial charge >= 0.3 is 0 Å². The van der Waals surface area contributed by atoms with Gasteiger partial charge in [-0.1, -0.05) is 30.3 Å². The Kier molecular flexibility index (Phi) is 4.76. The smallest absolute Gasteiger partial charge is 0.298 e. The quantitative estimate of drug-likeness (QED) is 0.693. The van der Waals surface area contributed by atoms with Crippen LogP contribution in [0.3, 0.4) is 0 Å². The maximum absolute atomic E-state index is 11.3. The zero-order chi connectivity index (χ0) is 17.3. The second kappa shape index (κ2) is 6.28. The van der Waals surface area contributed by atoms with Crippen molar-refractivity contribution in [1.82, 2.24) is 0 Å². The molecule has 0 saturated carbocycles. The van der Waals surface area contributed by atoms with Crippen LogP contribution in [-0.4, -0.2) is 31.0 Å². The number of benzene rings is 2. The van der Waals surface area contributed by atoms with Crippen molar-refractivity contribution in [1.29, 1.82) is 0 Å². The van der Waals surface area contributed by atoms with E-state index in [0.717, 1.165) is 17.7 Å². The Hall–Kier alpha value is -1.94. The summed E-state index contributed by atoms with van der Waals surface area (Å²) in [5, 5.41) is 9.69. The highest BCUT2D eigenvalue weighted by atomic mass is 32.2. The molecule has 2 aromatic carbocycles. The van der Waals surface area contributed by atoms with E-state index in [9.17, 15) is 21.9 Å². The summed E-state index contributed by atoms with van der Waals surface area (Å²) in [5.41, 5.74) is 1.16. The fraction of sp³-hybridized carbons (Fsp3) is 0.143. The first-order valence-corrected chi connectivity index (χ1v) is 9.32. The lowest BCUT2D eigenvalue weighted by Gasteiger charge is -2.10. The minimum atomic E-state index is -4.85. The second-order valence-electron chi connectivity index (χ2n) is 4.88. The third-order valence-electron chi connectivity index (χ3n) is 3.20. The normalized spacial score (nSPS) is 12.3. The van der Waals surface area contributed by atoms with Gasteiger partial charge in [0.25, 0.3) is 20.2 Å². The van der Waals surface area contributed by atoms with Gasteiger partial charge in [-0.3, -0.25) is 9.11 Å². The molecule has 0 saturated heterocycles. The molecule has 0 aliphatic rings. The van der Waals surface area contributed by atoms with Gasteiger partial charge in [-0.2, -0.15) is 16.8 Å². The molecule has 0 spiro atoms. The molecule has 0 aliphatic heterocycles. The van der Waals surface area contributed by atoms with Crippen molar-refractivity contribution in [3.63, 3.8) is 0 Å². The van der Waals surface area contributed by atoms with E-state index in [0.29, 0.717) is 6.42 Å². The molecule has 2 aromatic rings. The van der Waals surface area contributed by atoms with Crippen LogP contribution in [0.15, 0.2) is 52.3 Å². The van der Waals surface area contributed by atoms with Crippen molar-refractivity contribution in [3.8, 4) is 5.75 Å². The number of aromatic hydroxyl groups is 1. The van der Waals surface area contributed by atoms with E-state index in [1.54, 1.807) is 0 Å². The minimum absolute atomic E-state index is 0.229. The zero-order valence-electron chi connectivity index (χ0n) is 11.7. The summed E-state index contributed by atoms with van der Waals surface area (Å²) in [7, 11) is -9.69. The fourth-order valence-corrected chi connectivity index (χ4v) is 3.48. The van der Waals surface area contributed by atoms with Gasteiger partial charge in [-0.05, 0) is 36.1 Å². The van der Waals surface area contributed by atoms with Gasteiger partial charge in [-0.15, -0.1) is 0 Å². The number of hydrogen-bond acceptors (Lipinski definition) is 5. The Morgan fingerprint density at radius 2 is 1.17 bits per heavy atom. The third kappa shape index (κ3) is 4.29. The molecule has 0 aliphatic carbocycles. The summed E-state index contributed by atoms with van der Waals surface area (Å²) < 4.78 is 63.3. The van der Waals surface area contributed by atoms with Gasteiger partial charge in [0, 0.05) is 0 Å². The summed E-state index contributed by atoms with van der Waals surface area (Å²) in [5.74, 6) is -1.21. The molecule has 0 unspecified atom stereocenters. The standard InChI is InChI=1S/C14H14O7S2/c15-14-12(22(16,17)18)8-11(9-13(14)23(19,20)21)7-6-10-4-2-1-3-5-10/h1-5,8-9,15H,6-7H2,(H,16,17,18)(H,19,20,21). The SMILES string of the molecule is O=S(=O)(O)c1cc(CCc2ccccc2)cc(S(=O)(=O)O)c1O. The molecule has 2 rings (SSSR count). The average molecular weight is 358 g/mol. The summed E-state index contributed by atoms with van der Waals surface area (Å²) in [4.78, 5) is -1.92. The predicted molar refractivity (Wildman–Crippen MR) is 81.6 cm³/mol. The monoisotopic (exact) mass is 358 g/mol. The lowest BCUT2D eigenvalue weighted by molar-refractivity contribution is 0.422. The minimum Gasteiger partial charge on any atom is -0.505 e. The highest BCUT2D eigenvalue weighted by Gasteiger charge is 2.25. The molecule has 23 heavy (non-hydrogen) atoms. The zero-order valence-corrected chi connectivity index (χ0v) is 13.4. The molecule has 0 atom stereocenters. The Morgan fingerprint density at radius 3 is 1.61 bits per heavy atom. The molecule has 0 bridgehead atoms. The fourth-order valence-electron chi connectivity index (χ4n) is 2.11. The molecule has 3 N–H and O–H groups in total. The molecule has 7 nitrogen and oxygen atoms in total. The maximum Gasteiger partial charge on any atom is 0.298 e. The van der Waals surface area contributed by atoms with Crippen molar-refractivity contribution >= 4 is 20.2 Å². The van der Waals surface area contributed by atoms with E-state index in [2.05, 4.69) is 0 Å². The highest BCUT2D eigenvalue weighted by molar-refractivity contribution is 7.86. The first kappa shape index (κ1) is 17.4. The molecule has 0 amide bonds. The Balaban J connectivity index is 2.48. The number of rotatable bonds is 5. The van der Waals surface area contributed by atoms with E-state index in [1.807, 2.05) is 30.3 Å². The van der Waals surface area contributed by atoms with E-state index in [1.165, 1.54) is 0 Å². The molecule has 0 heterocycles. The van der Waals surface area contributed by atoms with Crippen LogP contribution >= 0.6 is 0 Å². The van der Waals surface area contributed by atoms with Gasteiger partial charge in [-0.25, -0.2) is 0 Å². The largest absolute Gasteiger partial charge is 0.505 e. The molecule has 0 radical (unpaired) electrons. The summed E-state index contributed by atoms with van der Waals surface area (Å²) >= 11 is 0. The van der Waals surface area contributed by atoms with Crippen LogP contribution in [-0.2, 0) is 33.1 Å². The topological polar surface area (TPSA) is 129 Å². The summed E-state index contributed by atoms with van der Waals surface area (Å²) in [6, 6.07) is 11.1. The predicted octanol–water partition coefficient (Wildman–Crippen LogP) is 1.67. The van der Waals surface area contributed by atoms with E-state index in [4.69, 9.17) is 9.11 Å². The molecular weight excluding hydrogens is 344 g/mol. The molecular formula is C14H14O7S2. The first-order valence-electron chi connectivity index (χ1n) is 6.44. The Bertz CT molecular complexity index is 864. The van der Waals surface area contributed by atoms with Crippen molar-refractivity contribution in [2.75, 3.05) is 0 Å². The van der Waals surface area contributed by atoms with Crippen molar-refractivity contribution < 1.29 is 31.0 Å².